The fourth-order valence-electron chi connectivity index (χ4n) is 2.34. The Balaban J connectivity index is 1.72. The van der Waals surface area contributed by atoms with Gasteiger partial charge in [0.2, 0.25) is 5.91 Å². The van der Waals surface area contributed by atoms with Gasteiger partial charge in [-0.2, -0.15) is 0 Å². The van der Waals surface area contributed by atoms with Gasteiger partial charge in [0.15, 0.2) is 0 Å². The van der Waals surface area contributed by atoms with Crippen LogP contribution in [0.25, 0.3) is 0 Å². The van der Waals surface area contributed by atoms with E-state index in [1.54, 1.807) is 12.3 Å². The van der Waals surface area contributed by atoms with Crippen LogP contribution >= 0.6 is 15.9 Å². The third-order valence-electron chi connectivity index (χ3n) is 3.41. The summed E-state index contributed by atoms with van der Waals surface area (Å²) in [5, 5.41) is 6.17. The zero-order chi connectivity index (χ0) is 13.9. The van der Waals surface area contributed by atoms with Crippen molar-refractivity contribution in [3.05, 3.63) is 58.3 Å². The van der Waals surface area contributed by atoms with E-state index in [-0.39, 0.29) is 11.9 Å². The molecule has 20 heavy (non-hydrogen) atoms. The van der Waals surface area contributed by atoms with E-state index in [2.05, 4.69) is 43.7 Å². The van der Waals surface area contributed by atoms with E-state index < -0.39 is 0 Å². The molecule has 1 amide bonds. The van der Waals surface area contributed by atoms with Gasteiger partial charge in [-0.25, -0.2) is 4.98 Å². The molecule has 0 saturated heterocycles. The van der Waals surface area contributed by atoms with Gasteiger partial charge in [0.05, 0.1) is 11.7 Å². The van der Waals surface area contributed by atoms with Crippen LogP contribution in [-0.2, 0) is 17.8 Å². The number of pyridine rings is 1. The Morgan fingerprint density at radius 3 is 2.85 bits per heavy atom. The van der Waals surface area contributed by atoms with Crippen LogP contribution in [0.2, 0.25) is 0 Å². The molecule has 1 aliphatic rings. The van der Waals surface area contributed by atoms with Gasteiger partial charge >= 0.3 is 0 Å². The number of fused-ring (bicyclic) bond motifs is 1. The molecule has 0 bridgehead atoms. The molecule has 102 valence electrons. The Bertz CT molecular complexity index is 645. The zero-order valence-electron chi connectivity index (χ0n) is 10.8. The summed E-state index contributed by atoms with van der Waals surface area (Å²) in [5.74, 6) is -0.0341. The number of aromatic nitrogens is 1. The zero-order valence-corrected chi connectivity index (χ0v) is 12.4. The maximum atomic E-state index is 12.3. The van der Waals surface area contributed by atoms with E-state index in [9.17, 15) is 4.79 Å². The van der Waals surface area contributed by atoms with Crippen molar-refractivity contribution < 1.29 is 4.79 Å². The van der Waals surface area contributed by atoms with Crippen molar-refractivity contribution in [1.29, 1.82) is 0 Å². The van der Waals surface area contributed by atoms with Crippen LogP contribution in [0.15, 0.2) is 47.2 Å². The van der Waals surface area contributed by atoms with Crippen LogP contribution in [0.4, 0.5) is 5.69 Å². The predicted octanol–water partition coefficient (Wildman–Crippen LogP) is 2.50. The van der Waals surface area contributed by atoms with Crippen LogP contribution in [-0.4, -0.2) is 16.9 Å². The molecule has 2 heterocycles. The summed E-state index contributed by atoms with van der Waals surface area (Å²) in [4.78, 5) is 16.4. The Hall–Kier alpha value is -1.72. The second kappa shape index (κ2) is 5.73. The minimum Gasteiger partial charge on any atom is -0.322 e. The van der Waals surface area contributed by atoms with E-state index in [0.29, 0.717) is 16.7 Å². The molecule has 0 radical (unpaired) electrons. The fourth-order valence-corrected chi connectivity index (χ4v) is 2.69. The number of carbonyl (C=O) groups excluding carboxylic acids is 1. The van der Waals surface area contributed by atoms with Crippen molar-refractivity contribution in [1.82, 2.24) is 10.3 Å². The highest BCUT2D eigenvalue weighted by Gasteiger charge is 2.24. The lowest BCUT2D eigenvalue weighted by Crippen LogP contribution is -2.44. The van der Waals surface area contributed by atoms with E-state index in [4.69, 9.17) is 0 Å². The standard InChI is InChI=1S/C15H14BrN3O/c16-14-12(6-3-7-17-14)19-15(20)13-8-10-4-1-2-5-11(10)9-18-13/h1-7,13,18H,8-9H2,(H,19,20). The van der Waals surface area contributed by atoms with Crippen molar-refractivity contribution in [3.8, 4) is 0 Å². The summed E-state index contributed by atoms with van der Waals surface area (Å²) in [6.07, 6.45) is 2.38. The molecule has 4 nitrogen and oxygen atoms in total. The molecule has 0 aliphatic carbocycles. The molecule has 1 aromatic heterocycles. The molecular formula is C15H14BrN3O. The number of hydrogen-bond acceptors (Lipinski definition) is 3. The van der Waals surface area contributed by atoms with E-state index in [1.807, 2.05) is 18.2 Å². The molecular weight excluding hydrogens is 318 g/mol. The van der Waals surface area contributed by atoms with Crippen molar-refractivity contribution >= 4 is 27.5 Å². The number of halogens is 1. The minimum absolute atomic E-state index is 0.0341. The molecule has 5 heteroatoms. The van der Waals surface area contributed by atoms with Gasteiger partial charge < -0.3 is 10.6 Å². The molecule has 0 spiro atoms. The van der Waals surface area contributed by atoms with Gasteiger partial charge in [0.1, 0.15) is 4.60 Å². The second-order valence-corrected chi connectivity index (χ2v) is 5.49. The number of carbonyl (C=O) groups is 1. The van der Waals surface area contributed by atoms with Crippen LogP contribution in [0.1, 0.15) is 11.1 Å². The number of amides is 1. The summed E-state index contributed by atoms with van der Waals surface area (Å²) < 4.78 is 0.643. The highest BCUT2D eigenvalue weighted by molar-refractivity contribution is 9.10. The van der Waals surface area contributed by atoms with Gasteiger partial charge in [-0.05, 0) is 45.6 Å². The molecule has 1 aromatic carbocycles. The molecule has 3 rings (SSSR count). The third kappa shape index (κ3) is 2.73. The summed E-state index contributed by atoms with van der Waals surface area (Å²) >= 11 is 3.33. The maximum absolute atomic E-state index is 12.3. The quantitative estimate of drug-likeness (QED) is 0.831. The monoisotopic (exact) mass is 331 g/mol. The van der Waals surface area contributed by atoms with Crippen LogP contribution in [0.3, 0.4) is 0 Å². The highest BCUT2D eigenvalue weighted by atomic mass is 79.9. The van der Waals surface area contributed by atoms with Gasteiger partial charge in [-0.3, -0.25) is 4.79 Å². The van der Waals surface area contributed by atoms with E-state index in [1.165, 1.54) is 11.1 Å². The number of hydrogen-bond donors (Lipinski definition) is 2. The molecule has 0 fully saturated rings. The number of rotatable bonds is 2. The summed E-state index contributed by atoms with van der Waals surface area (Å²) in [6.45, 7) is 0.725. The SMILES string of the molecule is O=C(Nc1cccnc1Br)C1Cc2ccccc2CN1. The van der Waals surface area contributed by atoms with Gasteiger partial charge in [-0.1, -0.05) is 24.3 Å². The first-order valence-corrected chi connectivity index (χ1v) is 7.25. The van der Waals surface area contributed by atoms with Gasteiger partial charge in [0.25, 0.3) is 0 Å². The average molecular weight is 332 g/mol. The number of nitrogens with one attached hydrogen (secondary N) is 2. The Morgan fingerprint density at radius 1 is 1.25 bits per heavy atom. The molecule has 0 saturated carbocycles. The summed E-state index contributed by atoms with van der Waals surface area (Å²) in [7, 11) is 0. The highest BCUT2D eigenvalue weighted by Crippen LogP contribution is 2.20. The Morgan fingerprint density at radius 2 is 2.05 bits per heavy atom. The third-order valence-corrected chi connectivity index (χ3v) is 4.05. The van der Waals surface area contributed by atoms with E-state index >= 15 is 0 Å². The van der Waals surface area contributed by atoms with Crippen LogP contribution in [0.5, 0.6) is 0 Å². The van der Waals surface area contributed by atoms with Crippen molar-refractivity contribution in [2.45, 2.75) is 19.0 Å². The molecule has 2 aromatic rings. The summed E-state index contributed by atoms with van der Waals surface area (Å²) in [6, 6.07) is 11.6. The molecule has 1 atom stereocenters. The topological polar surface area (TPSA) is 54.0 Å². The minimum atomic E-state index is -0.211. The lowest BCUT2D eigenvalue weighted by atomic mass is 9.95. The molecule has 2 N–H and O–H groups in total. The lowest BCUT2D eigenvalue weighted by molar-refractivity contribution is -0.118. The Labute approximate surface area is 125 Å². The maximum Gasteiger partial charge on any atom is 0.241 e. The average Bonchev–Trinajstić information content (AvgIpc) is 2.49. The van der Waals surface area contributed by atoms with Crippen molar-refractivity contribution in [3.63, 3.8) is 0 Å². The first-order chi connectivity index (χ1) is 9.74. The van der Waals surface area contributed by atoms with Crippen LogP contribution in [0, 0.1) is 0 Å². The van der Waals surface area contributed by atoms with Crippen molar-refractivity contribution in [2.75, 3.05) is 5.32 Å². The lowest BCUT2D eigenvalue weighted by Gasteiger charge is -2.25. The predicted molar refractivity (Wildman–Crippen MR) is 81.3 cm³/mol. The Kier molecular flexibility index (Phi) is 3.80. The summed E-state index contributed by atoms with van der Waals surface area (Å²) in [5.41, 5.74) is 3.19. The number of nitrogens with zero attached hydrogens (tertiary/aromatic N) is 1. The van der Waals surface area contributed by atoms with Crippen molar-refractivity contribution in [2.24, 2.45) is 0 Å². The normalized spacial score (nSPS) is 17.4. The smallest absolute Gasteiger partial charge is 0.241 e. The first kappa shape index (κ1) is 13.3. The molecule has 1 aliphatic heterocycles. The number of anilines is 1. The largest absolute Gasteiger partial charge is 0.322 e. The molecule has 1 unspecified atom stereocenters. The van der Waals surface area contributed by atoms with Gasteiger partial charge in [-0.15, -0.1) is 0 Å². The van der Waals surface area contributed by atoms with Crippen LogP contribution < -0.4 is 10.6 Å². The first-order valence-electron chi connectivity index (χ1n) is 6.45. The fraction of sp³-hybridized carbons (Fsp3) is 0.200. The second-order valence-electron chi connectivity index (χ2n) is 4.74. The van der Waals surface area contributed by atoms with E-state index in [0.717, 1.165) is 6.54 Å². The van der Waals surface area contributed by atoms with Gasteiger partial charge in [0, 0.05) is 12.7 Å². The number of benzene rings is 1.